The lowest BCUT2D eigenvalue weighted by molar-refractivity contribution is -0.126. The summed E-state index contributed by atoms with van der Waals surface area (Å²) in [7, 11) is -3.90. The van der Waals surface area contributed by atoms with Gasteiger partial charge in [0.25, 0.3) is 0 Å². The standard InChI is InChI=1S/C17H23F2N3O3S.ClH/c18-14-4-3-13(9-15(14)19)26(24,25)22-7-5-12(6-8-22)17(23)21-10-16(20)11-1-2-11;/h3-4,9,11-12,16H,1-2,5-8,10,20H2,(H,21,23);1H. The summed E-state index contributed by atoms with van der Waals surface area (Å²) in [5, 5.41) is 2.85. The SMILES string of the molecule is Cl.NC(CNC(=O)C1CCN(S(=O)(=O)c2ccc(F)c(F)c2)CC1)C1CC1. The van der Waals surface area contributed by atoms with Gasteiger partial charge in [-0.3, -0.25) is 4.79 Å². The number of hydrogen-bond acceptors (Lipinski definition) is 4. The van der Waals surface area contributed by atoms with Gasteiger partial charge in [-0.1, -0.05) is 0 Å². The van der Waals surface area contributed by atoms with Crippen LogP contribution in [0, 0.1) is 23.5 Å². The number of amides is 1. The van der Waals surface area contributed by atoms with Crippen molar-refractivity contribution in [3.05, 3.63) is 29.8 Å². The quantitative estimate of drug-likeness (QED) is 0.727. The number of hydrogen-bond donors (Lipinski definition) is 2. The lowest BCUT2D eigenvalue weighted by atomic mass is 9.97. The van der Waals surface area contributed by atoms with Crippen LogP contribution >= 0.6 is 12.4 Å². The fraction of sp³-hybridized carbons (Fsp3) is 0.588. The van der Waals surface area contributed by atoms with Crippen molar-refractivity contribution in [3.8, 4) is 0 Å². The lowest BCUT2D eigenvalue weighted by Gasteiger charge is -2.30. The van der Waals surface area contributed by atoms with Gasteiger partial charge in [0.1, 0.15) is 0 Å². The van der Waals surface area contributed by atoms with Gasteiger partial charge >= 0.3 is 0 Å². The molecule has 1 aromatic rings. The van der Waals surface area contributed by atoms with Gasteiger partial charge < -0.3 is 11.1 Å². The predicted molar refractivity (Wildman–Crippen MR) is 98.8 cm³/mol. The van der Waals surface area contributed by atoms with E-state index in [1.54, 1.807) is 0 Å². The molecule has 0 aromatic heterocycles. The summed E-state index contributed by atoms with van der Waals surface area (Å²) >= 11 is 0. The fourth-order valence-corrected chi connectivity index (χ4v) is 4.68. The minimum Gasteiger partial charge on any atom is -0.354 e. The first-order valence-corrected chi connectivity index (χ1v) is 10.2. The highest BCUT2D eigenvalue weighted by atomic mass is 35.5. The highest BCUT2D eigenvalue weighted by Gasteiger charge is 2.33. The van der Waals surface area contributed by atoms with E-state index in [1.165, 1.54) is 4.31 Å². The van der Waals surface area contributed by atoms with Gasteiger partial charge in [-0.05, 0) is 49.8 Å². The van der Waals surface area contributed by atoms with Crippen LogP contribution in [-0.4, -0.2) is 44.3 Å². The van der Waals surface area contributed by atoms with Crippen molar-refractivity contribution >= 4 is 28.3 Å². The van der Waals surface area contributed by atoms with Crippen LogP contribution in [0.15, 0.2) is 23.1 Å². The third-order valence-electron chi connectivity index (χ3n) is 5.09. The van der Waals surface area contributed by atoms with E-state index < -0.39 is 21.7 Å². The maximum Gasteiger partial charge on any atom is 0.243 e. The zero-order valence-corrected chi connectivity index (χ0v) is 16.4. The van der Waals surface area contributed by atoms with E-state index in [0.29, 0.717) is 31.4 Å². The molecule has 1 aliphatic heterocycles. The molecule has 1 aliphatic carbocycles. The molecule has 3 N–H and O–H groups in total. The van der Waals surface area contributed by atoms with Crippen molar-refractivity contribution in [3.63, 3.8) is 0 Å². The summed E-state index contributed by atoms with van der Waals surface area (Å²) in [6.07, 6.45) is 2.98. The molecule has 1 heterocycles. The Kier molecular flexibility index (Phi) is 7.18. The van der Waals surface area contributed by atoms with E-state index in [0.717, 1.165) is 25.0 Å². The molecule has 1 unspecified atom stereocenters. The normalized spacial score (nSPS) is 20.0. The van der Waals surface area contributed by atoms with E-state index in [4.69, 9.17) is 5.73 Å². The van der Waals surface area contributed by atoms with Crippen LogP contribution in [-0.2, 0) is 14.8 Å². The van der Waals surface area contributed by atoms with Gasteiger partial charge in [0, 0.05) is 31.6 Å². The number of rotatable bonds is 6. The smallest absolute Gasteiger partial charge is 0.243 e. The monoisotopic (exact) mass is 423 g/mol. The average molecular weight is 424 g/mol. The van der Waals surface area contributed by atoms with E-state index in [-0.39, 0.29) is 48.3 Å². The minimum absolute atomic E-state index is 0. The third kappa shape index (κ3) is 5.16. The number of nitrogens with two attached hydrogens (primary N) is 1. The molecule has 1 atom stereocenters. The largest absolute Gasteiger partial charge is 0.354 e. The van der Waals surface area contributed by atoms with Gasteiger partial charge in [0.05, 0.1) is 4.90 Å². The first kappa shape index (κ1) is 22.0. The zero-order chi connectivity index (χ0) is 18.9. The molecule has 10 heteroatoms. The van der Waals surface area contributed by atoms with E-state index in [9.17, 15) is 22.0 Å². The highest BCUT2D eigenvalue weighted by Crippen LogP contribution is 2.31. The Morgan fingerprint density at radius 3 is 2.37 bits per heavy atom. The van der Waals surface area contributed by atoms with Gasteiger partial charge in [0.2, 0.25) is 15.9 Å². The second-order valence-electron chi connectivity index (χ2n) is 7.00. The fourth-order valence-electron chi connectivity index (χ4n) is 3.20. The molecule has 27 heavy (non-hydrogen) atoms. The molecule has 0 bridgehead atoms. The zero-order valence-electron chi connectivity index (χ0n) is 14.7. The molecule has 1 aromatic carbocycles. The maximum atomic E-state index is 13.3. The molecule has 1 saturated carbocycles. The number of sulfonamides is 1. The Bertz CT molecular complexity index is 782. The Morgan fingerprint density at radius 2 is 1.81 bits per heavy atom. The Labute approximate surface area is 163 Å². The summed E-state index contributed by atoms with van der Waals surface area (Å²) < 4.78 is 52.6. The van der Waals surface area contributed by atoms with Gasteiger partial charge in [-0.25, -0.2) is 17.2 Å². The van der Waals surface area contributed by atoms with Crippen molar-refractivity contribution in [1.82, 2.24) is 9.62 Å². The van der Waals surface area contributed by atoms with Crippen molar-refractivity contribution in [1.29, 1.82) is 0 Å². The summed E-state index contributed by atoms with van der Waals surface area (Å²) in [5.41, 5.74) is 5.96. The van der Waals surface area contributed by atoms with Crippen molar-refractivity contribution in [2.24, 2.45) is 17.6 Å². The van der Waals surface area contributed by atoms with Crippen LogP contribution in [0.5, 0.6) is 0 Å². The van der Waals surface area contributed by atoms with Gasteiger partial charge in [-0.15, -0.1) is 12.4 Å². The molecule has 0 spiro atoms. The van der Waals surface area contributed by atoms with E-state index >= 15 is 0 Å². The summed E-state index contributed by atoms with van der Waals surface area (Å²) in [5.74, 6) is -2.17. The number of nitrogens with one attached hydrogen (secondary N) is 1. The molecular formula is C17H24ClF2N3O3S. The first-order valence-electron chi connectivity index (χ1n) is 8.77. The van der Waals surface area contributed by atoms with Crippen LogP contribution in [0.25, 0.3) is 0 Å². The van der Waals surface area contributed by atoms with Crippen LogP contribution in [0.1, 0.15) is 25.7 Å². The molecular weight excluding hydrogens is 400 g/mol. The molecule has 152 valence electrons. The van der Waals surface area contributed by atoms with Crippen molar-refractivity contribution in [2.75, 3.05) is 19.6 Å². The molecule has 1 amide bonds. The van der Waals surface area contributed by atoms with E-state index in [2.05, 4.69) is 5.32 Å². The average Bonchev–Trinajstić information content (AvgIpc) is 3.47. The van der Waals surface area contributed by atoms with Crippen molar-refractivity contribution < 1.29 is 22.0 Å². The molecule has 6 nitrogen and oxygen atoms in total. The Morgan fingerprint density at radius 1 is 1.19 bits per heavy atom. The van der Waals surface area contributed by atoms with Crippen molar-refractivity contribution in [2.45, 2.75) is 36.6 Å². The van der Waals surface area contributed by atoms with Gasteiger partial charge in [0.15, 0.2) is 11.6 Å². The Balaban J connectivity index is 0.00000261. The molecule has 0 radical (unpaired) electrons. The highest BCUT2D eigenvalue weighted by molar-refractivity contribution is 7.89. The maximum absolute atomic E-state index is 13.3. The number of benzene rings is 1. The van der Waals surface area contributed by atoms with E-state index in [1.807, 2.05) is 0 Å². The number of carbonyl (C=O) groups excluding carboxylic acids is 1. The molecule has 2 fully saturated rings. The summed E-state index contributed by atoms with van der Waals surface area (Å²) in [6, 6.07) is 2.51. The number of piperidine rings is 1. The second-order valence-corrected chi connectivity index (χ2v) is 8.94. The van der Waals surface area contributed by atoms with Crippen LogP contribution in [0.3, 0.4) is 0 Å². The summed E-state index contributed by atoms with van der Waals surface area (Å²) in [4.78, 5) is 11.9. The first-order chi connectivity index (χ1) is 12.3. The number of carbonyl (C=O) groups is 1. The number of nitrogens with zero attached hydrogens (tertiary/aromatic N) is 1. The topological polar surface area (TPSA) is 92.5 Å². The van der Waals surface area contributed by atoms with Crippen LogP contribution < -0.4 is 11.1 Å². The second kappa shape index (κ2) is 8.81. The third-order valence-corrected chi connectivity index (χ3v) is 6.99. The minimum atomic E-state index is -3.90. The summed E-state index contributed by atoms with van der Waals surface area (Å²) in [6.45, 7) is 0.763. The Hall–Kier alpha value is -1.29. The number of halogens is 3. The van der Waals surface area contributed by atoms with Gasteiger partial charge in [-0.2, -0.15) is 4.31 Å². The molecule has 1 saturated heterocycles. The molecule has 3 rings (SSSR count). The lowest BCUT2D eigenvalue weighted by Crippen LogP contribution is -2.45. The molecule has 2 aliphatic rings. The van der Waals surface area contributed by atoms with Crippen LogP contribution in [0.2, 0.25) is 0 Å². The predicted octanol–water partition coefficient (Wildman–Crippen LogP) is 1.64. The van der Waals surface area contributed by atoms with Crippen LogP contribution in [0.4, 0.5) is 8.78 Å².